The lowest BCUT2D eigenvalue weighted by Gasteiger charge is -2.07. The number of hydrogen-bond donors (Lipinski definition) is 1. The molecule has 1 N–H and O–H groups in total. The molecule has 8 heteroatoms. The lowest BCUT2D eigenvalue weighted by molar-refractivity contribution is -0.120. The molecule has 0 spiro atoms. The van der Waals surface area contributed by atoms with Crippen LogP contribution in [0.25, 0.3) is 16.2 Å². The summed E-state index contributed by atoms with van der Waals surface area (Å²) in [5, 5.41) is 4.78. The number of hydrogen-bond acceptors (Lipinski definition) is 5. The Morgan fingerprint density at radius 1 is 1.13 bits per heavy atom. The quantitative estimate of drug-likeness (QED) is 0.434. The van der Waals surface area contributed by atoms with E-state index in [2.05, 4.69) is 10.3 Å². The zero-order chi connectivity index (χ0) is 20.9. The number of ether oxygens (including phenoxy) is 2. The van der Waals surface area contributed by atoms with Crippen molar-refractivity contribution in [3.8, 4) is 22.8 Å². The third-order valence-electron chi connectivity index (χ3n) is 4.52. The molecule has 0 saturated heterocycles. The molecule has 4 rings (SSSR count). The van der Waals surface area contributed by atoms with E-state index in [1.165, 1.54) is 23.5 Å². The molecule has 2 heterocycles. The Labute approximate surface area is 176 Å². The van der Waals surface area contributed by atoms with Gasteiger partial charge in [0.05, 0.1) is 25.8 Å². The zero-order valence-corrected chi connectivity index (χ0v) is 17.1. The first-order chi connectivity index (χ1) is 14.6. The van der Waals surface area contributed by atoms with E-state index < -0.39 is 0 Å². The van der Waals surface area contributed by atoms with Crippen molar-refractivity contribution in [2.45, 2.75) is 6.42 Å². The molecular formula is C22H20FN3O3S. The number of fused-ring (bicyclic) bond motifs is 1. The molecule has 0 radical (unpaired) electrons. The summed E-state index contributed by atoms with van der Waals surface area (Å²) < 4.78 is 25.5. The van der Waals surface area contributed by atoms with Crippen LogP contribution in [0.5, 0.6) is 11.5 Å². The number of nitrogens with one attached hydrogen (secondary N) is 1. The summed E-state index contributed by atoms with van der Waals surface area (Å²) in [4.78, 5) is 17.8. The first-order valence-corrected chi connectivity index (χ1v) is 10.3. The Bertz CT molecular complexity index is 1140. The first kappa shape index (κ1) is 19.9. The van der Waals surface area contributed by atoms with E-state index in [1.54, 1.807) is 19.2 Å². The highest BCUT2D eigenvalue weighted by molar-refractivity contribution is 7.15. The van der Waals surface area contributed by atoms with Gasteiger partial charge < -0.3 is 14.8 Å². The molecule has 154 valence electrons. The van der Waals surface area contributed by atoms with Crippen molar-refractivity contribution < 1.29 is 18.7 Å². The van der Waals surface area contributed by atoms with E-state index in [0.717, 1.165) is 27.7 Å². The summed E-state index contributed by atoms with van der Waals surface area (Å²) in [6, 6.07) is 13.5. The highest BCUT2D eigenvalue weighted by atomic mass is 32.1. The Kier molecular flexibility index (Phi) is 5.94. The van der Waals surface area contributed by atoms with Crippen LogP contribution >= 0.6 is 11.3 Å². The minimum Gasteiger partial charge on any atom is -0.497 e. The standard InChI is InChI=1S/C22H20FN3O3S/c1-28-18-6-2-15(3-7-18)20-13-26-17(14-30-22(26)25-20)12-21(27)24-10-11-29-19-8-4-16(23)5-9-19/h2-9,13-14H,10-12H2,1H3,(H,24,27). The number of rotatable bonds is 8. The number of methoxy groups -OCH3 is 1. The second-order valence-corrected chi connectivity index (χ2v) is 7.40. The van der Waals surface area contributed by atoms with Gasteiger partial charge in [-0.3, -0.25) is 9.20 Å². The third kappa shape index (κ3) is 4.60. The fourth-order valence-electron chi connectivity index (χ4n) is 2.97. The lowest BCUT2D eigenvalue weighted by atomic mass is 10.2. The van der Waals surface area contributed by atoms with Crippen LogP contribution in [0.4, 0.5) is 4.39 Å². The van der Waals surface area contributed by atoms with Gasteiger partial charge in [0.1, 0.15) is 23.9 Å². The molecule has 30 heavy (non-hydrogen) atoms. The number of thiazole rings is 1. The van der Waals surface area contributed by atoms with Crippen LogP contribution in [-0.4, -0.2) is 35.6 Å². The number of amides is 1. The van der Waals surface area contributed by atoms with Crippen molar-refractivity contribution in [3.63, 3.8) is 0 Å². The van der Waals surface area contributed by atoms with Crippen molar-refractivity contribution >= 4 is 22.2 Å². The average Bonchev–Trinajstić information content (AvgIpc) is 3.34. The predicted molar refractivity (Wildman–Crippen MR) is 114 cm³/mol. The van der Waals surface area contributed by atoms with E-state index in [0.29, 0.717) is 18.9 Å². The highest BCUT2D eigenvalue weighted by Crippen LogP contribution is 2.25. The van der Waals surface area contributed by atoms with E-state index in [-0.39, 0.29) is 18.1 Å². The van der Waals surface area contributed by atoms with Gasteiger partial charge in [-0.2, -0.15) is 0 Å². The number of carbonyl (C=O) groups excluding carboxylic acids is 1. The molecule has 0 saturated carbocycles. The minimum absolute atomic E-state index is 0.0999. The maximum absolute atomic E-state index is 12.9. The summed E-state index contributed by atoms with van der Waals surface area (Å²) in [6.07, 6.45) is 2.18. The molecule has 0 aliphatic carbocycles. The van der Waals surface area contributed by atoms with Crippen molar-refractivity contribution in [1.29, 1.82) is 0 Å². The second-order valence-electron chi connectivity index (χ2n) is 6.56. The Hall–Kier alpha value is -3.39. The van der Waals surface area contributed by atoms with Crippen LogP contribution in [0.15, 0.2) is 60.1 Å². The fourth-order valence-corrected chi connectivity index (χ4v) is 3.85. The summed E-state index contributed by atoms with van der Waals surface area (Å²) in [5.41, 5.74) is 2.71. The van der Waals surface area contributed by atoms with Gasteiger partial charge in [0.15, 0.2) is 4.96 Å². The van der Waals surface area contributed by atoms with Crippen LogP contribution in [-0.2, 0) is 11.2 Å². The van der Waals surface area contributed by atoms with Crippen molar-refractivity contribution in [3.05, 3.63) is 71.6 Å². The van der Waals surface area contributed by atoms with Crippen LogP contribution in [0.3, 0.4) is 0 Å². The van der Waals surface area contributed by atoms with Gasteiger partial charge in [-0.1, -0.05) is 0 Å². The van der Waals surface area contributed by atoms with Crippen LogP contribution in [0.2, 0.25) is 0 Å². The maximum atomic E-state index is 12.9. The van der Waals surface area contributed by atoms with Gasteiger partial charge >= 0.3 is 0 Å². The zero-order valence-electron chi connectivity index (χ0n) is 16.3. The number of halogens is 1. The Morgan fingerprint density at radius 3 is 2.60 bits per heavy atom. The molecule has 0 aliphatic rings. The van der Waals surface area contributed by atoms with Crippen molar-refractivity contribution in [2.24, 2.45) is 0 Å². The Morgan fingerprint density at radius 2 is 1.87 bits per heavy atom. The summed E-state index contributed by atoms with van der Waals surface area (Å²) in [6.45, 7) is 0.674. The van der Waals surface area contributed by atoms with Crippen LogP contribution in [0, 0.1) is 5.82 Å². The molecule has 4 aromatic rings. The van der Waals surface area contributed by atoms with Gasteiger partial charge in [-0.25, -0.2) is 9.37 Å². The van der Waals surface area contributed by atoms with Crippen molar-refractivity contribution in [2.75, 3.05) is 20.3 Å². The van der Waals surface area contributed by atoms with Gasteiger partial charge in [0.25, 0.3) is 0 Å². The second kappa shape index (κ2) is 8.96. The van der Waals surface area contributed by atoms with Gasteiger partial charge in [0.2, 0.25) is 5.91 Å². The monoisotopic (exact) mass is 425 g/mol. The molecule has 0 unspecified atom stereocenters. The summed E-state index contributed by atoms with van der Waals surface area (Å²) in [5.74, 6) is 0.944. The van der Waals surface area contributed by atoms with E-state index >= 15 is 0 Å². The third-order valence-corrected chi connectivity index (χ3v) is 5.41. The SMILES string of the molecule is COc1ccc(-c2cn3c(CC(=O)NCCOc4ccc(F)cc4)csc3n2)cc1. The molecule has 0 aliphatic heterocycles. The summed E-state index contributed by atoms with van der Waals surface area (Å²) in [7, 11) is 1.63. The molecule has 2 aromatic heterocycles. The van der Waals surface area contributed by atoms with Crippen LogP contribution in [0.1, 0.15) is 5.69 Å². The van der Waals surface area contributed by atoms with E-state index in [4.69, 9.17) is 9.47 Å². The largest absolute Gasteiger partial charge is 0.497 e. The van der Waals surface area contributed by atoms with Gasteiger partial charge in [0, 0.05) is 22.8 Å². The predicted octanol–water partition coefficient (Wildman–Crippen LogP) is 3.95. The number of benzene rings is 2. The fraction of sp³-hybridized carbons (Fsp3) is 0.182. The van der Waals surface area contributed by atoms with E-state index in [1.807, 2.05) is 40.2 Å². The lowest BCUT2D eigenvalue weighted by Crippen LogP contribution is -2.29. The number of aromatic nitrogens is 2. The highest BCUT2D eigenvalue weighted by Gasteiger charge is 2.12. The molecular weight excluding hydrogens is 405 g/mol. The van der Waals surface area contributed by atoms with Gasteiger partial charge in [-0.05, 0) is 48.5 Å². The normalized spacial score (nSPS) is 10.9. The van der Waals surface area contributed by atoms with Gasteiger partial charge in [-0.15, -0.1) is 11.3 Å². The Balaban J connectivity index is 1.33. The molecule has 0 fully saturated rings. The molecule has 2 aromatic carbocycles. The van der Waals surface area contributed by atoms with Crippen molar-refractivity contribution in [1.82, 2.24) is 14.7 Å². The van der Waals surface area contributed by atoms with E-state index in [9.17, 15) is 9.18 Å². The average molecular weight is 425 g/mol. The van der Waals surface area contributed by atoms with Crippen LogP contribution < -0.4 is 14.8 Å². The first-order valence-electron chi connectivity index (χ1n) is 9.37. The topological polar surface area (TPSA) is 64.9 Å². The molecule has 0 atom stereocenters. The maximum Gasteiger partial charge on any atom is 0.226 e. The summed E-state index contributed by atoms with van der Waals surface area (Å²) >= 11 is 1.50. The number of nitrogens with zero attached hydrogens (tertiary/aromatic N) is 2. The smallest absolute Gasteiger partial charge is 0.226 e. The molecule has 1 amide bonds. The minimum atomic E-state index is -0.313. The number of imidazole rings is 1. The molecule has 6 nitrogen and oxygen atoms in total. The molecule has 0 bridgehead atoms. The number of carbonyl (C=O) groups is 1.